The largest absolute Gasteiger partial charge is 0.446 e. The lowest BCUT2D eigenvalue weighted by molar-refractivity contribution is 0.00645. The molecule has 1 N–H and O–H groups in total. The third kappa shape index (κ3) is 4.74. The van der Waals surface area contributed by atoms with Crippen molar-refractivity contribution in [3.05, 3.63) is 0 Å². The summed E-state index contributed by atoms with van der Waals surface area (Å²) < 4.78 is 5.53. The maximum absolute atomic E-state index is 11.6. The van der Waals surface area contributed by atoms with Gasteiger partial charge >= 0.3 is 6.09 Å². The number of alkyl carbamates (subject to hydrolysis) is 1. The molecule has 1 aliphatic carbocycles. The van der Waals surface area contributed by atoms with Crippen molar-refractivity contribution in [1.29, 1.82) is 0 Å². The SMILES string of the molecule is CC1CCC(C(C)C)C(OC(=O)NCCCl)C1. The molecule has 3 unspecified atom stereocenters. The van der Waals surface area contributed by atoms with Crippen LogP contribution < -0.4 is 5.32 Å². The van der Waals surface area contributed by atoms with Gasteiger partial charge in [-0.25, -0.2) is 4.79 Å². The number of rotatable bonds is 4. The van der Waals surface area contributed by atoms with Crippen LogP contribution in [0.4, 0.5) is 4.79 Å². The van der Waals surface area contributed by atoms with Gasteiger partial charge in [0.05, 0.1) is 0 Å². The number of alkyl halides is 1. The van der Waals surface area contributed by atoms with Gasteiger partial charge in [0, 0.05) is 12.4 Å². The van der Waals surface area contributed by atoms with E-state index in [9.17, 15) is 4.79 Å². The molecule has 0 aliphatic heterocycles. The van der Waals surface area contributed by atoms with Gasteiger partial charge in [-0.3, -0.25) is 0 Å². The van der Waals surface area contributed by atoms with E-state index >= 15 is 0 Å². The smallest absolute Gasteiger partial charge is 0.407 e. The van der Waals surface area contributed by atoms with Crippen LogP contribution in [0.2, 0.25) is 0 Å². The van der Waals surface area contributed by atoms with Crippen LogP contribution >= 0.6 is 11.6 Å². The fraction of sp³-hybridized carbons (Fsp3) is 0.923. The highest BCUT2D eigenvalue weighted by atomic mass is 35.5. The molecule has 1 rings (SSSR count). The van der Waals surface area contributed by atoms with E-state index in [1.54, 1.807) is 0 Å². The van der Waals surface area contributed by atoms with Gasteiger partial charge in [0.2, 0.25) is 0 Å². The number of amides is 1. The average Bonchev–Trinajstić information content (AvgIpc) is 2.26. The van der Waals surface area contributed by atoms with Gasteiger partial charge in [-0.05, 0) is 30.6 Å². The number of nitrogens with one attached hydrogen (secondary N) is 1. The van der Waals surface area contributed by atoms with Crippen molar-refractivity contribution in [2.24, 2.45) is 17.8 Å². The highest BCUT2D eigenvalue weighted by Gasteiger charge is 2.33. The molecule has 0 radical (unpaired) electrons. The molecule has 100 valence electrons. The van der Waals surface area contributed by atoms with Gasteiger partial charge in [0.15, 0.2) is 0 Å². The summed E-state index contributed by atoms with van der Waals surface area (Å²) in [7, 11) is 0. The van der Waals surface area contributed by atoms with Crippen LogP contribution in [0.1, 0.15) is 40.0 Å². The lowest BCUT2D eigenvalue weighted by Crippen LogP contribution is -2.39. The Kier molecular flexibility index (Phi) is 6.10. The highest BCUT2D eigenvalue weighted by molar-refractivity contribution is 6.18. The molecule has 1 amide bonds. The van der Waals surface area contributed by atoms with Crippen molar-refractivity contribution in [2.75, 3.05) is 12.4 Å². The molecule has 1 aliphatic rings. The van der Waals surface area contributed by atoms with Gasteiger partial charge in [0.25, 0.3) is 0 Å². The molecule has 4 heteroatoms. The second kappa shape index (κ2) is 7.10. The van der Waals surface area contributed by atoms with Gasteiger partial charge < -0.3 is 10.1 Å². The van der Waals surface area contributed by atoms with Crippen molar-refractivity contribution >= 4 is 17.7 Å². The van der Waals surface area contributed by atoms with Gasteiger partial charge in [0.1, 0.15) is 6.10 Å². The monoisotopic (exact) mass is 261 g/mol. The summed E-state index contributed by atoms with van der Waals surface area (Å²) >= 11 is 5.52. The predicted octanol–water partition coefficient (Wildman–Crippen LogP) is 3.41. The Morgan fingerprint density at radius 1 is 1.47 bits per heavy atom. The number of hydrogen-bond donors (Lipinski definition) is 1. The average molecular weight is 262 g/mol. The quantitative estimate of drug-likeness (QED) is 0.788. The third-order valence-corrected chi connectivity index (χ3v) is 3.77. The minimum Gasteiger partial charge on any atom is -0.446 e. The van der Waals surface area contributed by atoms with Crippen LogP contribution in [-0.4, -0.2) is 24.6 Å². The molecule has 0 spiro atoms. The first-order chi connectivity index (χ1) is 8.04. The van der Waals surface area contributed by atoms with Gasteiger partial charge in [-0.15, -0.1) is 11.6 Å². The van der Waals surface area contributed by atoms with Crippen LogP contribution in [0.15, 0.2) is 0 Å². The summed E-state index contributed by atoms with van der Waals surface area (Å²) in [5.74, 6) is 2.13. The molecule has 3 atom stereocenters. The summed E-state index contributed by atoms with van der Waals surface area (Å²) in [6.45, 7) is 7.10. The van der Waals surface area contributed by atoms with E-state index < -0.39 is 0 Å². The van der Waals surface area contributed by atoms with Crippen molar-refractivity contribution in [3.63, 3.8) is 0 Å². The Balaban J connectivity index is 2.48. The second-order valence-electron chi connectivity index (χ2n) is 5.39. The molecule has 0 aromatic carbocycles. The normalized spacial score (nSPS) is 29.1. The highest BCUT2D eigenvalue weighted by Crippen LogP contribution is 2.35. The zero-order valence-corrected chi connectivity index (χ0v) is 11.8. The molecule has 0 saturated heterocycles. The van der Waals surface area contributed by atoms with Crippen molar-refractivity contribution in [2.45, 2.75) is 46.1 Å². The van der Waals surface area contributed by atoms with Gasteiger partial charge in [-0.1, -0.05) is 27.2 Å². The zero-order chi connectivity index (χ0) is 12.8. The van der Waals surface area contributed by atoms with Crippen molar-refractivity contribution < 1.29 is 9.53 Å². The summed E-state index contributed by atoms with van der Waals surface area (Å²) in [4.78, 5) is 11.6. The van der Waals surface area contributed by atoms with Crippen LogP contribution in [0, 0.1) is 17.8 Å². The van der Waals surface area contributed by atoms with E-state index in [2.05, 4.69) is 26.1 Å². The Morgan fingerprint density at radius 3 is 2.76 bits per heavy atom. The van der Waals surface area contributed by atoms with Crippen LogP contribution in [0.25, 0.3) is 0 Å². The predicted molar refractivity (Wildman–Crippen MR) is 70.3 cm³/mol. The van der Waals surface area contributed by atoms with Crippen molar-refractivity contribution in [3.8, 4) is 0 Å². The Hall–Kier alpha value is -0.440. The standard InChI is InChI=1S/C13H24ClNO2/c1-9(2)11-5-4-10(3)8-12(11)17-13(16)15-7-6-14/h9-12H,4-8H2,1-3H3,(H,15,16). The maximum atomic E-state index is 11.6. The van der Waals surface area contributed by atoms with E-state index in [1.807, 2.05) is 0 Å². The number of hydrogen-bond acceptors (Lipinski definition) is 2. The Bertz CT molecular complexity index is 246. The fourth-order valence-corrected chi connectivity index (χ4v) is 2.67. The van der Waals surface area contributed by atoms with E-state index in [-0.39, 0.29) is 12.2 Å². The molecule has 0 bridgehead atoms. The summed E-state index contributed by atoms with van der Waals surface area (Å²) in [5.41, 5.74) is 0. The lowest BCUT2D eigenvalue weighted by atomic mass is 9.75. The Labute approximate surface area is 109 Å². The Morgan fingerprint density at radius 2 is 2.18 bits per heavy atom. The number of halogens is 1. The minimum atomic E-state index is -0.324. The number of ether oxygens (including phenoxy) is 1. The molecule has 3 nitrogen and oxygen atoms in total. The summed E-state index contributed by atoms with van der Waals surface area (Å²) in [5, 5.41) is 2.66. The molecule has 1 saturated carbocycles. The number of carbonyl (C=O) groups excluding carboxylic acids is 1. The minimum absolute atomic E-state index is 0.0640. The topological polar surface area (TPSA) is 38.3 Å². The number of carbonyl (C=O) groups is 1. The van der Waals surface area contributed by atoms with Crippen LogP contribution in [0.5, 0.6) is 0 Å². The first-order valence-corrected chi connectivity index (χ1v) is 7.08. The van der Waals surface area contributed by atoms with Crippen molar-refractivity contribution in [1.82, 2.24) is 5.32 Å². The molecule has 0 heterocycles. The van der Waals surface area contributed by atoms with Crippen LogP contribution in [0.3, 0.4) is 0 Å². The summed E-state index contributed by atoms with van der Waals surface area (Å²) in [6, 6.07) is 0. The molecular formula is C13H24ClNO2. The molecule has 1 fully saturated rings. The van der Waals surface area contributed by atoms with Crippen LogP contribution in [-0.2, 0) is 4.74 Å². The first-order valence-electron chi connectivity index (χ1n) is 6.55. The van der Waals surface area contributed by atoms with E-state index in [0.717, 1.165) is 12.8 Å². The van der Waals surface area contributed by atoms with E-state index in [0.29, 0.717) is 30.2 Å². The molecule has 17 heavy (non-hydrogen) atoms. The van der Waals surface area contributed by atoms with E-state index in [1.165, 1.54) is 6.42 Å². The molecular weight excluding hydrogens is 238 g/mol. The third-order valence-electron chi connectivity index (χ3n) is 3.58. The molecule has 0 aromatic heterocycles. The molecule has 0 aromatic rings. The summed E-state index contributed by atoms with van der Waals surface area (Å²) in [6.07, 6.45) is 3.12. The van der Waals surface area contributed by atoms with E-state index in [4.69, 9.17) is 16.3 Å². The lowest BCUT2D eigenvalue weighted by Gasteiger charge is -2.36. The fourth-order valence-electron chi connectivity index (χ4n) is 2.58. The first kappa shape index (κ1) is 14.6. The van der Waals surface area contributed by atoms with Gasteiger partial charge in [-0.2, -0.15) is 0 Å². The maximum Gasteiger partial charge on any atom is 0.407 e. The zero-order valence-electron chi connectivity index (χ0n) is 11.0. The second-order valence-corrected chi connectivity index (χ2v) is 5.76.